The van der Waals surface area contributed by atoms with Gasteiger partial charge in [-0.1, -0.05) is 6.07 Å². The van der Waals surface area contributed by atoms with Crippen molar-refractivity contribution in [1.29, 1.82) is 0 Å². The van der Waals surface area contributed by atoms with E-state index in [1.54, 1.807) is 19.1 Å². The first kappa shape index (κ1) is 17.9. The molecule has 0 aliphatic carbocycles. The maximum atomic E-state index is 14.4. The minimum atomic E-state index is -0.408. The molecule has 1 aliphatic rings. The number of amides is 1. The van der Waals surface area contributed by atoms with E-state index in [0.717, 1.165) is 0 Å². The number of nitrogens with one attached hydrogen (secondary N) is 1. The summed E-state index contributed by atoms with van der Waals surface area (Å²) in [6.45, 7) is 4.19. The van der Waals surface area contributed by atoms with Gasteiger partial charge in [-0.2, -0.15) is 5.10 Å². The molecule has 0 aromatic heterocycles. The van der Waals surface area contributed by atoms with Crippen LogP contribution in [0.2, 0.25) is 0 Å². The molecule has 136 valence electrons. The van der Waals surface area contributed by atoms with E-state index in [0.29, 0.717) is 48.8 Å². The molecular formula is C19H20FN3O3. The SMILES string of the molecule is C/C(=N\NC(=O)c1ccc(O)cc1)c1ccc(N2CCOCC2)c(F)c1. The molecule has 7 heteroatoms. The maximum Gasteiger partial charge on any atom is 0.271 e. The van der Waals surface area contributed by atoms with Crippen molar-refractivity contribution in [2.24, 2.45) is 5.10 Å². The highest BCUT2D eigenvalue weighted by molar-refractivity contribution is 6.01. The second kappa shape index (κ2) is 7.97. The van der Waals surface area contributed by atoms with Gasteiger partial charge in [0.2, 0.25) is 0 Å². The van der Waals surface area contributed by atoms with Crippen LogP contribution in [0.1, 0.15) is 22.8 Å². The van der Waals surface area contributed by atoms with E-state index in [2.05, 4.69) is 10.5 Å². The van der Waals surface area contributed by atoms with Gasteiger partial charge in [0.25, 0.3) is 5.91 Å². The van der Waals surface area contributed by atoms with Crippen molar-refractivity contribution in [3.8, 4) is 5.75 Å². The highest BCUT2D eigenvalue weighted by atomic mass is 19.1. The first-order chi connectivity index (χ1) is 12.5. The molecule has 3 rings (SSSR count). The van der Waals surface area contributed by atoms with Crippen LogP contribution in [-0.2, 0) is 4.74 Å². The van der Waals surface area contributed by atoms with Crippen molar-refractivity contribution in [3.05, 3.63) is 59.4 Å². The molecule has 1 amide bonds. The van der Waals surface area contributed by atoms with Crippen molar-refractivity contribution in [1.82, 2.24) is 5.43 Å². The second-order valence-electron chi connectivity index (χ2n) is 5.95. The van der Waals surface area contributed by atoms with Crippen molar-refractivity contribution in [2.45, 2.75) is 6.92 Å². The van der Waals surface area contributed by atoms with E-state index in [1.165, 1.54) is 30.3 Å². The van der Waals surface area contributed by atoms with Crippen LogP contribution in [0.4, 0.5) is 10.1 Å². The fraction of sp³-hybridized carbons (Fsp3) is 0.263. The summed E-state index contributed by atoms with van der Waals surface area (Å²) in [5.41, 5.74) is 4.42. The Morgan fingerprint density at radius 1 is 1.15 bits per heavy atom. The molecule has 0 bridgehead atoms. The quantitative estimate of drug-likeness (QED) is 0.651. The van der Waals surface area contributed by atoms with Crippen molar-refractivity contribution < 1.29 is 19.0 Å². The summed E-state index contributed by atoms with van der Waals surface area (Å²) < 4.78 is 19.7. The molecule has 1 fully saturated rings. The Bertz CT molecular complexity index is 815. The molecule has 6 nitrogen and oxygen atoms in total. The predicted molar refractivity (Wildman–Crippen MR) is 97.2 cm³/mol. The van der Waals surface area contributed by atoms with Crippen LogP contribution in [0.15, 0.2) is 47.6 Å². The third-order valence-corrected chi connectivity index (χ3v) is 4.17. The number of hydrazone groups is 1. The van der Waals surface area contributed by atoms with Crippen LogP contribution < -0.4 is 10.3 Å². The number of benzene rings is 2. The van der Waals surface area contributed by atoms with E-state index in [-0.39, 0.29) is 11.6 Å². The molecule has 0 radical (unpaired) electrons. The van der Waals surface area contributed by atoms with E-state index in [9.17, 15) is 14.3 Å². The topological polar surface area (TPSA) is 74.2 Å². The van der Waals surface area contributed by atoms with Crippen LogP contribution in [0, 0.1) is 5.82 Å². The van der Waals surface area contributed by atoms with Gasteiger partial charge in [-0.05, 0) is 43.3 Å². The van der Waals surface area contributed by atoms with Gasteiger partial charge < -0.3 is 14.7 Å². The standard InChI is InChI=1S/C19H20FN3O3/c1-13(21-22-19(25)14-2-5-16(24)6-3-14)15-4-7-18(17(20)12-15)23-8-10-26-11-9-23/h2-7,12,24H,8-11H2,1H3,(H,22,25)/b21-13+. The van der Waals surface area contributed by atoms with E-state index in [1.807, 2.05) is 4.90 Å². The third-order valence-electron chi connectivity index (χ3n) is 4.17. The normalized spacial score (nSPS) is 15.0. The summed E-state index contributed by atoms with van der Waals surface area (Å²) in [5, 5.41) is 13.3. The summed E-state index contributed by atoms with van der Waals surface area (Å²) in [5.74, 6) is -0.657. The number of rotatable bonds is 4. The zero-order valence-corrected chi connectivity index (χ0v) is 14.4. The molecule has 2 aromatic rings. The molecule has 0 saturated carbocycles. The van der Waals surface area contributed by atoms with E-state index in [4.69, 9.17) is 4.74 Å². The van der Waals surface area contributed by atoms with E-state index < -0.39 is 5.91 Å². The van der Waals surface area contributed by atoms with Gasteiger partial charge in [-0.3, -0.25) is 4.79 Å². The molecule has 1 saturated heterocycles. The summed E-state index contributed by atoms with van der Waals surface area (Å²) >= 11 is 0. The zero-order valence-electron chi connectivity index (χ0n) is 14.4. The summed E-state index contributed by atoms with van der Waals surface area (Å²) in [6, 6.07) is 10.7. The van der Waals surface area contributed by atoms with E-state index >= 15 is 0 Å². The number of nitrogens with zero attached hydrogens (tertiary/aromatic N) is 2. The first-order valence-corrected chi connectivity index (χ1v) is 8.31. The molecule has 0 unspecified atom stereocenters. The minimum absolute atomic E-state index is 0.0806. The average Bonchev–Trinajstić information content (AvgIpc) is 2.67. The van der Waals surface area contributed by atoms with Crippen LogP contribution in [0.3, 0.4) is 0 Å². The first-order valence-electron chi connectivity index (χ1n) is 8.31. The number of phenolic OH excluding ortho intramolecular Hbond substituents is 1. The monoisotopic (exact) mass is 357 g/mol. The number of hydrogen-bond acceptors (Lipinski definition) is 5. The van der Waals surface area contributed by atoms with Crippen LogP contribution in [0.5, 0.6) is 5.75 Å². The number of phenols is 1. The van der Waals surface area contributed by atoms with Gasteiger partial charge in [0.1, 0.15) is 11.6 Å². The van der Waals surface area contributed by atoms with Crippen molar-refractivity contribution >= 4 is 17.3 Å². The third kappa shape index (κ3) is 4.18. The molecule has 2 aromatic carbocycles. The maximum absolute atomic E-state index is 14.4. The smallest absolute Gasteiger partial charge is 0.271 e. The van der Waals surface area contributed by atoms with Crippen LogP contribution >= 0.6 is 0 Å². The molecule has 1 heterocycles. The molecule has 1 aliphatic heterocycles. The fourth-order valence-electron chi connectivity index (χ4n) is 2.67. The molecular weight excluding hydrogens is 337 g/mol. The molecule has 0 atom stereocenters. The summed E-state index contributed by atoms with van der Waals surface area (Å²) in [7, 11) is 0. The average molecular weight is 357 g/mol. The van der Waals surface area contributed by atoms with Gasteiger partial charge in [0, 0.05) is 24.2 Å². The Balaban J connectivity index is 1.69. The Kier molecular flexibility index (Phi) is 5.48. The highest BCUT2D eigenvalue weighted by Gasteiger charge is 2.16. The largest absolute Gasteiger partial charge is 0.508 e. The molecule has 26 heavy (non-hydrogen) atoms. The Morgan fingerprint density at radius 2 is 1.81 bits per heavy atom. The van der Waals surface area contributed by atoms with Crippen molar-refractivity contribution in [2.75, 3.05) is 31.2 Å². The van der Waals surface area contributed by atoms with Gasteiger partial charge in [0.15, 0.2) is 0 Å². The van der Waals surface area contributed by atoms with Crippen LogP contribution in [0.25, 0.3) is 0 Å². The summed E-state index contributed by atoms with van der Waals surface area (Å²) in [6.07, 6.45) is 0. The lowest BCUT2D eigenvalue weighted by molar-refractivity contribution is 0.0955. The molecule has 0 spiro atoms. The lowest BCUT2D eigenvalue weighted by atomic mass is 10.1. The number of aromatic hydroxyl groups is 1. The van der Waals surface area contributed by atoms with Gasteiger partial charge in [-0.15, -0.1) is 0 Å². The Morgan fingerprint density at radius 3 is 2.46 bits per heavy atom. The number of anilines is 1. The number of carbonyl (C=O) groups excluding carboxylic acids is 1. The number of ether oxygens (including phenoxy) is 1. The number of halogens is 1. The number of hydrogen-bond donors (Lipinski definition) is 2. The zero-order chi connectivity index (χ0) is 18.5. The van der Waals surface area contributed by atoms with Gasteiger partial charge in [0.05, 0.1) is 24.6 Å². The predicted octanol–water partition coefficient (Wildman–Crippen LogP) is 2.52. The highest BCUT2D eigenvalue weighted by Crippen LogP contribution is 2.22. The summed E-state index contributed by atoms with van der Waals surface area (Å²) in [4.78, 5) is 14.0. The lowest BCUT2D eigenvalue weighted by Gasteiger charge is -2.29. The second-order valence-corrected chi connectivity index (χ2v) is 5.95. The fourth-order valence-corrected chi connectivity index (χ4v) is 2.67. The lowest BCUT2D eigenvalue weighted by Crippen LogP contribution is -2.36. The van der Waals surface area contributed by atoms with Crippen molar-refractivity contribution in [3.63, 3.8) is 0 Å². The Labute approximate surface area is 150 Å². The minimum Gasteiger partial charge on any atom is -0.508 e. The number of carbonyl (C=O) groups is 1. The van der Waals surface area contributed by atoms with Crippen LogP contribution in [-0.4, -0.2) is 43.0 Å². The molecule has 2 N–H and O–H groups in total. The Hall–Kier alpha value is -2.93. The number of morpholine rings is 1. The van der Waals surface area contributed by atoms with Gasteiger partial charge in [-0.25, -0.2) is 9.82 Å². The van der Waals surface area contributed by atoms with Gasteiger partial charge >= 0.3 is 0 Å².